The minimum Gasteiger partial charge on any atom is -0.455 e. The minimum atomic E-state index is -0.737. The van der Waals surface area contributed by atoms with Gasteiger partial charge >= 0.3 is 5.97 Å². The zero-order chi connectivity index (χ0) is 16.4. The number of hydrogen-bond donors (Lipinski definition) is 0. The molecule has 3 aromatic rings. The quantitative estimate of drug-likeness (QED) is 0.655. The standard InChI is InChI=1S/C17H10Cl2O4/c18-11-6-5-10(13(19)7-11)9-22-17(21)16-8-14(20)12-3-1-2-4-15(12)23-16/h1-8H,9H2. The molecule has 3 rings (SSSR count). The molecule has 0 N–H and O–H groups in total. The van der Waals surface area contributed by atoms with Crippen molar-refractivity contribution in [3.63, 3.8) is 0 Å². The van der Waals surface area contributed by atoms with E-state index in [1.807, 2.05) is 0 Å². The van der Waals surface area contributed by atoms with Crippen LogP contribution in [0.5, 0.6) is 0 Å². The lowest BCUT2D eigenvalue weighted by Gasteiger charge is -2.07. The Bertz CT molecular complexity index is 947. The lowest BCUT2D eigenvalue weighted by Crippen LogP contribution is -2.10. The van der Waals surface area contributed by atoms with E-state index in [0.717, 1.165) is 6.07 Å². The number of benzene rings is 2. The number of rotatable bonds is 3. The number of ether oxygens (including phenoxy) is 1. The van der Waals surface area contributed by atoms with Gasteiger partial charge < -0.3 is 9.15 Å². The topological polar surface area (TPSA) is 56.5 Å². The Morgan fingerprint density at radius 1 is 1.09 bits per heavy atom. The van der Waals surface area contributed by atoms with Crippen LogP contribution in [0.25, 0.3) is 11.0 Å². The zero-order valence-electron chi connectivity index (χ0n) is 11.7. The van der Waals surface area contributed by atoms with E-state index in [0.29, 0.717) is 26.6 Å². The maximum absolute atomic E-state index is 12.1. The van der Waals surface area contributed by atoms with Crippen molar-refractivity contribution in [2.75, 3.05) is 0 Å². The summed E-state index contributed by atoms with van der Waals surface area (Å²) in [5, 5.41) is 1.29. The minimum absolute atomic E-state index is 0.0502. The summed E-state index contributed by atoms with van der Waals surface area (Å²) in [5.74, 6) is -0.891. The second kappa shape index (κ2) is 6.44. The Balaban J connectivity index is 1.82. The molecule has 116 valence electrons. The van der Waals surface area contributed by atoms with Gasteiger partial charge in [0, 0.05) is 21.7 Å². The lowest BCUT2D eigenvalue weighted by molar-refractivity contribution is 0.0437. The molecule has 0 radical (unpaired) electrons. The van der Waals surface area contributed by atoms with Gasteiger partial charge in [-0.05, 0) is 24.3 Å². The maximum Gasteiger partial charge on any atom is 0.374 e. The van der Waals surface area contributed by atoms with E-state index in [2.05, 4.69) is 0 Å². The van der Waals surface area contributed by atoms with Crippen molar-refractivity contribution in [3.05, 3.63) is 80.1 Å². The summed E-state index contributed by atoms with van der Waals surface area (Å²) in [4.78, 5) is 24.0. The summed E-state index contributed by atoms with van der Waals surface area (Å²) >= 11 is 11.8. The highest BCUT2D eigenvalue weighted by atomic mass is 35.5. The van der Waals surface area contributed by atoms with Crippen molar-refractivity contribution in [3.8, 4) is 0 Å². The number of carbonyl (C=O) groups excluding carboxylic acids is 1. The third-order valence-corrected chi connectivity index (χ3v) is 3.80. The van der Waals surface area contributed by atoms with Gasteiger partial charge in [0.1, 0.15) is 12.2 Å². The molecular weight excluding hydrogens is 339 g/mol. The third kappa shape index (κ3) is 3.38. The van der Waals surface area contributed by atoms with E-state index in [4.69, 9.17) is 32.4 Å². The summed E-state index contributed by atoms with van der Waals surface area (Å²) in [6.07, 6.45) is 0. The van der Waals surface area contributed by atoms with Crippen LogP contribution in [0.4, 0.5) is 0 Å². The highest BCUT2D eigenvalue weighted by Gasteiger charge is 2.14. The van der Waals surface area contributed by atoms with Crippen LogP contribution in [0.2, 0.25) is 10.0 Å². The van der Waals surface area contributed by atoms with E-state index >= 15 is 0 Å². The highest BCUT2D eigenvalue weighted by molar-refractivity contribution is 6.35. The third-order valence-electron chi connectivity index (χ3n) is 3.21. The molecule has 0 aliphatic rings. The van der Waals surface area contributed by atoms with Crippen LogP contribution in [0.15, 0.2) is 57.7 Å². The summed E-state index contributed by atoms with van der Waals surface area (Å²) in [7, 11) is 0. The van der Waals surface area contributed by atoms with Crippen molar-refractivity contribution in [1.29, 1.82) is 0 Å². The van der Waals surface area contributed by atoms with Crippen molar-refractivity contribution in [1.82, 2.24) is 0 Å². The number of carbonyl (C=O) groups is 1. The molecular formula is C17H10Cl2O4. The predicted molar refractivity (Wildman–Crippen MR) is 88.1 cm³/mol. The second-order valence-electron chi connectivity index (χ2n) is 4.78. The van der Waals surface area contributed by atoms with E-state index in [1.54, 1.807) is 42.5 Å². The molecule has 0 aliphatic carbocycles. The van der Waals surface area contributed by atoms with Gasteiger partial charge in [0.15, 0.2) is 5.43 Å². The second-order valence-corrected chi connectivity index (χ2v) is 5.63. The summed E-state index contributed by atoms with van der Waals surface area (Å²) in [6, 6.07) is 12.7. The number of esters is 1. The smallest absolute Gasteiger partial charge is 0.374 e. The van der Waals surface area contributed by atoms with Crippen molar-refractivity contribution in [2.24, 2.45) is 0 Å². The largest absolute Gasteiger partial charge is 0.455 e. The molecule has 1 heterocycles. The Labute approximate surface area is 141 Å². The van der Waals surface area contributed by atoms with Crippen LogP contribution in [-0.2, 0) is 11.3 Å². The number of para-hydroxylation sites is 1. The highest BCUT2D eigenvalue weighted by Crippen LogP contribution is 2.22. The fourth-order valence-electron chi connectivity index (χ4n) is 2.06. The molecule has 0 aliphatic heterocycles. The molecule has 0 unspecified atom stereocenters. The van der Waals surface area contributed by atoms with Crippen LogP contribution in [0.3, 0.4) is 0 Å². The van der Waals surface area contributed by atoms with Gasteiger partial charge in [-0.1, -0.05) is 41.4 Å². The summed E-state index contributed by atoms with van der Waals surface area (Å²) in [5.41, 5.74) is 0.632. The molecule has 23 heavy (non-hydrogen) atoms. The van der Waals surface area contributed by atoms with E-state index in [-0.39, 0.29) is 17.8 Å². The predicted octanol–water partition coefficient (Wildman–Crippen LogP) is 4.46. The van der Waals surface area contributed by atoms with Crippen molar-refractivity contribution in [2.45, 2.75) is 6.61 Å². The van der Waals surface area contributed by atoms with E-state index in [1.165, 1.54) is 0 Å². The first-order valence-electron chi connectivity index (χ1n) is 6.68. The van der Waals surface area contributed by atoms with Crippen LogP contribution in [0.1, 0.15) is 16.1 Å². The molecule has 4 nitrogen and oxygen atoms in total. The molecule has 0 atom stereocenters. The van der Waals surface area contributed by atoms with Crippen LogP contribution >= 0.6 is 23.2 Å². The van der Waals surface area contributed by atoms with Crippen LogP contribution in [0, 0.1) is 0 Å². The normalized spacial score (nSPS) is 10.7. The van der Waals surface area contributed by atoms with Gasteiger partial charge in [0.05, 0.1) is 5.39 Å². The van der Waals surface area contributed by atoms with Gasteiger partial charge in [0.2, 0.25) is 5.76 Å². The number of fused-ring (bicyclic) bond motifs is 1. The Kier molecular flexibility index (Phi) is 4.37. The Morgan fingerprint density at radius 3 is 2.65 bits per heavy atom. The Hall–Kier alpha value is -2.30. The van der Waals surface area contributed by atoms with Crippen molar-refractivity contribution < 1.29 is 13.9 Å². The van der Waals surface area contributed by atoms with Gasteiger partial charge in [-0.25, -0.2) is 4.79 Å². The zero-order valence-corrected chi connectivity index (χ0v) is 13.2. The first-order chi connectivity index (χ1) is 11.0. The molecule has 0 spiro atoms. The van der Waals surface area contributed by atoms with Crippen LogP contribution in [-0.4, -0.2) is 5.97 Å². The Morgan fingerprint density at radius 2 is 1.87 bits per heavy atom. The molecule has 0 saturated heterocycles. The molecule has 0 saturated carbocycles. The molecule has 0 amide bonds. The van der Waals surface area contributed by atoms with Crippen LogP contribution < -0.4 is 5.43 Å². The van der Waals surface area contributed by atoms with E-state index in [9.17, 15) is 9.59 Å². The first kappa shape index (κ1) is 15.6. The SMILES string of the molecule is O=C(OCc1ccc(Cl)cc1Cl)c1cc(=O)c2ccccc2o1. The fraction of sp³-hybridized carbons (Fsp3) is 0.0588. The average Bonchev–Trinajstić information content (AvgIpc) is 2.53. The summed E-state index contributed by atoms with van der Waals surface area (Å²) < 4.78 is 10.6. The molecule has 1 aromatic heterocycles. The maximum atomic E-state index is 12.1. The first-order valence-corrected chi connectivity index (χ1v) is 7.44. The number of halogens is 2. The van der Waals surface area contributed by atoms with Crippen molar-refractivity contribution >= 4 is 40.1 Å². The molecule has 6 heteroatoms. The summed E-state index contributed by atoms with van der Waals surface area (Å²) in [6.45, 7) is -0.0502. The molecule has 0 bridgehead atoms. The van der Waals surface area contributed by atoms with Gasteiger partial charge in [0.25, 0.3) is 0 Å². The lowest BCUT2D eigenvalue weighted by atomic mass is 10.2. The van der Waals surface area contributed by atoms with Gasteiger partial charge in [-0.3, -0.25) is 4.79 Å². The number of hydrogen-bond acceptors (Lipinski definition) is 4. The monoisotopic (exact) mass is 348 g/mol. The molecule has 2 aromatic carbocycles. The fourth-order valence-corrected chi connectivity index (χ4v) is 2.52. The van der Waals surface area contributed by atoms with Gasteiger partial charge in [-0.15, -0.1) is 0 Å². The van der Waals surface area contributed by atoms with Gasteiger partial charge in [-0.2, -0.15) is 0 Å². The van der Waals surface area contributed by atoms with E-state index < -0.39 is 5.97 Å². The average molecular weight is 349 g/mol. The molecule has 0 fully saturated rings.